The van der Waals surface area contributed by atoms with E-state index in [9.17, 15) is 18.0 Å². The predicted molar refractivity (Wildman–Crippen MR) is 93.7 cm³/mol. The minimum Gasteiger partial charge on any atom is -0.444 e. The topological polar surface area (TPSA) is 57.2 Å². The van der Waals surface area contributed by atoms with E-state index < -0.39 is 52.9 Å². The molecule has 0 N–H and O–H groups in total. The number of hydrogen-bond donors (Lipinski definition) is 0. The molecule has 0 bridgehead atoms. The summed E-state index contributed by atoms with van der Waals surface area (Å²) in [4.78, 5) is 14.0. The number of ether oxygens (including phenoxy) is 4. The summed E-state index contributed by atoms with van der Waals surface area (Å²) in [6.07, 6.45) is -7.03. The van der Waals surface area contributed by atoms with Crippen LogP contribution in [0, 0.1) is 5.92 Å². The van der Waals surface area contributed by atoms with Gasteiger partial charge in [-0.3, -0.25) is 4.90 Å². The molecular weight excluding hydrogens is 379 g/mol. The molecule has 3 rings (SSSR count). The fourth-order valence-corrected chi connectivity index (χ4v) is 4.36. The molecule has 0 aromatic rings. The zero-order valence-corrected chi connectivity index (χ0v) is 17.5. The number of alkyl halides is 3. The van der Waals surface area contributed by atoms with Crippen molar-refractivity contribution in [2.24, 2.45) is 5.92 Å². The van der Waals surface area contributed by atoms with E-state index in [4.69, 9.17) is 18.9 Å². The van der Waals surface area contributed by atoms with Crippen LogP contribution in [0.1, 0.15) is 54.4 Å². The van der Waals surface area contributed by atoms with Crippen molar-refractivity contribution >= 4 is 6.09 Å². The van der Waals surface area contributed by atoms with Gasteiger partial charge in [0.15, 0.2) is 5.79 Å². The molecule has 6 nitrogen and oxygen atoms in total. The minimum absolute atomic E-state index is 0.0185. The first kappa shape index (κ1) is 21.6. The molecule has 1 amide bonds. The third kappa shape index (κ3) is 3.39. The fourth-order valence-electron chi connectivity index (χ4n) is 4.36. The van der Waals surface area contributed by atoms with E-state index in [0.29, 0.717) is 0 Å². The Morgan fingerprint density at radius 3 is 2.11 bits per heavy atom. The Kier molecular flexibility index (Phi) is 4.81. The summed E-state index contributed by atoms with van der Waals surface area (Å²) in [7, 11) is 1.39. The maximum absolute atomic E-state index is 14.2. The van der Waals surface area contributed by atoms with Crippen molar-refractivity contribution in [3.63, 3.8) is 0 Å². The highest BCUT2D eigenvalue weighted by Gasteiger charge is 2.73. The molecule has 1 aliphatic carbocycles. The Balaban J connectivity index is 2.00. The molecule has 4 atom stereocenters. The lowest BCUT2D eigenvalue weighted by Crippen LogP contribution is -2.73. The maximum atomic E-state index is 14.2. The number of carbonyl (C=O) groups is 1. The van der Waals surface area contributed by atoms with Crippen LogP contribution in [0.5, 0.6) is 0 Å². The molecule has 1 saturated carbocycles. The molecule has 28 heavy (non-hydrogen) atoms. The Hall–Kier alpha value is -1.06. The van der Waals surface area contributed by atoms with Gasteiger partial charge in [0.05, 0.1) is 12.1 Å². The first-order chi connectivity index (χ1) is 12.6. The average Bonchev–Trinajstić information content (AvgIpc) is 3.25. The fraction of sp³-hybridized carbons (Fsp3) is 0.947. The van der Waals surface area contributed by atoms with Gasteiger partial charge < -0.3 is 18.9 Å². The van der Waals surface area contributed by atoms with E-state index >= 15 is 0 Å². The second-order valence-electron chi connectivity index (χ2n) is 9.61. The molecule has 2 saturated heterocycles. The van der Waals surface area contributed by atoms with Crippen LogP contribution in [0.25, 0.3) is 0 Å². The van der Waals surface area contributed by atoms with Crippen molar-refractivity contribution in [1.82, 2.24) is 4.90 Å². The van der Waals surface area contributed by atoms with Crippen LogP contribution >= 0.6 is 0 Å². The average molecular weight is 409 g/mol. The number of likely N-dealkylation sites (tertiary alicyclic amines) is 1. The normalized spacial score (nSPS) is 36.8. The van der Waals surface area contributed by atoms with E-state index in [2.05, 4.69) is 0 Å². The first-order valence-corrected chi connectivity index (χ1v) is 9.54. The highest BCUT2D eigenvalue weighted by Crippen LogP contribution is 2.60. The number of fused-ring (bicyclic) bond motifs is 1. The van der Waals surface area contributed by atoms with Crippen molar-refractivity contribution < 1.29 is 36.9 Å². The van der Waals surface area contributed by atoms with Crippen LogP contribution in [0.4, 0.5) is 18.0 Å². The standard InChI is InChI=1S/C19H30F3NO5/c1-15(2,3)28-14(24)23-10-11-12(13(19(20,21)22)18(23)8-9-18)27-17(6,25-7)16(4,5)26-11/h11-13H,8-10H2,1-7H3/t11-,12+,13-,17+/m1/s1. The highest BCUT2D eigenvalue weighted by molar-refractivity contribution is 5.70. The van der Waals surface area contributed by atoms with Gasteiger partial charge >= 0.3 is 12.3 Å². The number of halogens is 3. The first-order valence-electron chi connectivity index (χ1n) is 9.54. The zero-order valence-electron chi connectivity index (χ0n) is 17.5. The van der Waals surface area contributed by atoms with Crippen LogP contribution in [0.2, 0.25) is 0 Å². The molecular formula is C19H30F3NO5. The van der Waals surface area contributed by atoms with E-state index in [0.717, 1.165) is 0 Å². The smallest absolute Gasteiger partial charge is 0.410 e. The lowest BCUT2D eigenvalue weighted by molar-refractivity contribution is -0.412. The van der Waals surface area contributed by atoms with Gasteiger partial charge in [0.25, 0.3) is 0 Å². The number of carbonyl (C=O) groups excluding carboxylic acids is 1. The van der Waals surface area contributed by atoms with Crippen molar-refractivity contribution in [2.45, 2.75) is 95.3 Å². The summed E-state index contributed by atoms with van der Waals surface area (Å²) in [6, 6.07) is 0. The molecule has 9 heteroatoms. The Bertz CT molecular complexity index is 640. The Morgan fingerprint density at radius 1 is 1.11 bits per heavy atom. The second-order valence-corrected chi connectivity index (χ2v) is 9.61. The number of rotatable bonds is 1. The zero-order chi connectivity index (χ0) is 21.3. The van der Waals surface area contributed by atoms with Crippen molar-refractivity contribution in [2.75, 3.05) is 13.7 Å². The van der Waals surface area contributed by atoms with Gasteiger partial charge in [-0.05, 0) is 54.4 Å². The van der Waals surface area contributed by atoms with Crippen molar-refractivity contribution in [3.8, 4) is 0 Å². The van der Waals surface area contributed by atoms with Gasteiger partial charge in [0.1, 0.15) is 29.3 Å². The summed E-state index contributed by atoms with van der Waals surface area (Å²) in [6.45, 7) is 10.0. The Morgan fingerprint density at radius 2 is 1.68 bits per heavy atom. The summed E-state index contributed by atoms with van der Waals surface area (Å²) >= 11 is 0. The predicted octanol–water partition coefficient (Wildman–Crippen LogP) is 3.87. The van der Waals surface area contributed by atoms with Gasteiger partial charge in [-0.1, -0.05) is 0 Å². The van der Waals surface area contributed by atoms with Gasteiger partial charge in [0.2, 0.25) is 0 Å². The van der Waals surface area contributed by atoms with Crippen LogP contribution in [0.15, 0.2) is 0 Å². The molecule has 162 valence electrons. The van der Waals surface area contributed by atoms with Gasteiger partial charge in [-0.2, -0.15) is 13.2 Å². The lowest BCUT2D eigenvalue weighted by atomic mass is 9.79. The van der Waals surface area contributed by atoms with E-state index in [1.807, 2.05) is 0 Å². The third-order valence-electron chi connectivity index (χ3n) is 6.19. The monoisotopic (exact) mass is 409 g/mol. The van der Waals surface area contributed by atoms with E-state index in [1.165, 1.54) is 12.0 Å². The van der Waals surface area contributed by atoms with Gasteiger partial charge in [-0.15, -0.1) is 0 Å². The quantitative estimate of drug-likeness (QED) is 0.658. The van der Waals surface area contributed by atoms with Crippen LogP contribution < -0.4 is 0 Å². The molecule has 0 radical (unpaired) electrons. The van der Waals surface area contributed by atoms with Crippen molar-refractivity contribution in [1.29, 1.82) is 0 Å². The highest BCUT2D eigenvalue weighted by atomic mass is 19.4. The number of amides is 1. The summed E-state index contributed by atoms with van der Waals surface area (Å²) < 4.78 is 65.4. The molecule has 1 spiro atoms. The summed E-state index contributed by atoms with van der Waals surface area (Å²) in [5.41, 5.74) is -3.18. The van der Waals surface area contributed by atoms with Crippen LogP contribution in [0.3, 0.4) is 0 Å². The minimum atomic E-state index is -4.57. The number of hydrogen-bond acceptors (Lipinski definition) is 5. The maximum Gasteiger partial charge on any atom is 0.410 e. The Labute approximate surface area is 163 Å². The molecule has 2 aliphatic heterocycles. The van der Waals surface area contributed by atoms with Crippen LogP contribution in [-0.2, 0) is 18.9 Å². The van der Waals surface area contributed by atoms with Gasteiger partial charge in [0, 0.05) is 7.11 Å². The molecule has 2 heterocycles. The molecule has 3 aliphatic rings. The van der Waals surface area contributed by atoms with E-state index in [-0.39, 0.29) is 19.4 Å². The largest absolute Gasteiger partial charge is 0.444 e. The number of nitrogens with zero attached hydrogens (tertiary/aromatic N) is 1. The molecule has 0 unspecified atom stereocenters. The molecule has 0 aromatic heterocycles. The molecule has 3 fully saturated rings. The lowest BCUT2D eigenvalue weighted by Gasteiger charge is -2.58. The SMILES string of the molecule is CO[C@@]1(C)O[C@H]2[C@@H](CN(C(=O)OC(C)(C)C)C3(CC3)[C@@H]2C(F)(F)F)OC1(C)C. The van der Waals surface area contributed by atoms with Crippen LogP contribution in [-0.4, -0.2) is 65.6 Å². The summed E-state index contributed by atoms with van der Waals surface area (Å²) in [5.74, 6) is -3.22. The molecule has 0 aromatic carbocycles. The number of piperidine rings is 1. The third-order valence-corrected chi connectivity index (χ3v) is 6.19. The second kappa shape index (κ2) is 6.22. The van der Waals surface area contributed by atoms with E-state index in [1.54, 1.807) is 41.5 Å². The van der Waals surface area contributed by atoms with Gasteiger partial charge in [-0.25, -0.2) is 4.79 Å². The summed E-state index contributed by atoms with van der Waals surface area (Å²) in [5, 5.41) is 0. The van der Waals surface area contributed by atoms with Crippen molar-refractivity contribution in [3.05, 3.63) is 0 Å². The number of methoxy groups -OCH3 is 1.